The standard InChI is InChI=1S/C10H7BrFNO3/c1-2-8(14)15-10-13-7-4-5(12)3-6(11)9(7)16-10/h3-4H,2H2,1H3. The summed E-state index contributed by atoms with van der Waals surface area (Å²) in [6, 6.07) is 2.45. The van der Waals surface area contributed by atoms with Crippen LogP contribution in [0.1, 0.15) is 13.3 Å². The summed E-state index contributed by atoms with van der Waals surface area (Å²) in [6.45, 7) is 1.65. The monoisotopic (exact) mass is 287 g/mol. The van der Waals surface area contributed by atoms with Crippen LogP contribution in [0.4, 0.5) is 4.39 Å². The Labute approximate surface area is 98.5 Å². The number of halogens is 2. The molecule has 6 heteroatoms. The van der Waals surface area contributed by atoms with E-state index in [0.29, 0.717) is 15.6 Å². The van der Waals surface area contributed by atoms with E-state index in [9.17, 15) is 9.18 Å². The molecule has 0 aliphatic heterocycles. The van der Waals surface area contributed by atoms with E-state index in [1.165, 1.54) is 12.1 Å². The van der Waals surface area contributed by atoms with Gasteiger partial charge >= 0.3 is 12.0 Å². The summed E-state index contributed by atoms with van der Waals surface area (Å²) >= 11 is 3.13. The number of carbonyl (C=O) groups is 1. The minimum Gasteiger partial charge on any atom is -0.407 e. The molecule has 0 atom stereocenters. The van der Waals surface area contributed by atoms with E-state index < -0.39 is 11.8 Å². The number of ether oxygens (including phenoxy) is 1. The Kier molecular flexibility index (Phi) is 2.91. The second-order valence-electron chi connectivity index (χ2n) is 3.04. The molecule has 0 bridgehead atoms. The van der Waals surface area contributed by atoms with Gasteiger partial charge in [0, 0.05) is 12.5 Å². The molecule has 4 nitrogen and oxygen atoms in total. The van der Waals surface area contributed by atoms with Crippen LogP contribution in [-0.2, 0) is 4.79 Å². The zero-order valence-electron chi connectivity index (χ0n) is 8.29. The van der Waals surface area contributed by atoms with Gasteiger partial charge in [-0.05, 0) is 22.0 Å². The highest BCUT2D eigenvalue weighted by Crippen LogP contribution is 2.28. The summed E-state index contributed by atoms with van der Waals surface area (Å²) < 4.78 is 23.4. The highest BCUT2D eigenvalue weighted by Gasteiger charge is 2.13. The van der Waals surface area contributed by atoms with E-state index in [1.54, 1.807) is 6.92 Å². The van der Waals surface area contributed by atoms with Gasteiger partial charge in [0.15, 0.2) is 5.58 Å². The molecule has 0 N–H and O–H groups in total. The molecule has 0 aliphatic rings. The predicted octanol–water partition coefficient (Wildman–Crippen LogP) is 3.04. The fourth-order valence-electron chi connectivity index (χ4n) is 1.15. The lowest BCUT2D eigenvalue weighted by atomic mass is 10.3. The molecule has 0 radical (unpaired) electrons. The molecule has 0 saturated carbocycles. The van der Waals surface area contributed by atoms with Crippen LogP contribution in [0.15, 0.2) is 21.0 Å². The van der Waals surface area contributed by atoms with Crippen LogP contribution in [0, 0.1) is 5.82 Å². The van der Waals surface area contributed by atoms with Crippen LogP contribution in [-0.4, -0.2) is 11.0 Å². The number of aromatic nitrogens is 1. The van der Waals surface area contributed by atoms with E-state index in [4.69, 9.17) is 9.15 Å². The fraction of sp³-hybridized carbons (Fsp3) is 0.200. The van der Waals surface area contributed by atoms with Gasteiger partial charge in [-0.15, -0.1) is 0 Å². The summed E-state index contributed by atoms with van der Waals surface area (Å²) in [4.78, 5) is 14.8. The van der Waals surface area contributed by atoms with Crippen molar-refractivity contribution in [2.75, 3.05) is 0 Å². The second kappa shape index (κ2) is 4.21. The molecule has 1 aromatic heterocycles. The molecule has 2 rings (SSSR count). The van der Waals surface area contributed by atoms with Crippen LogP contribution in [0.3, 0.4) is 0 Å². The summed E-state index contributed by atoms with van der Waals surface area (Å²) in [6.07, 6.45) is 0.0435. The fourth-order valence-corrected chi connectivity index (χ4v) is 1.66. The van der Waals surface area contributed by atoms with Gasteiger partial charge in [-0.25, -0.2) is 4.39 Å². The number of oxazole rings is 1. The number of rotatable bonds is 2. The molecule has 0 saturated heterocycles. The minimum atomic E-state index is -0.455. The highest BCUT2D eigenvalue weighted by molar-refractivity contribution is 9.10. The normalized spacial score (nSPS) is 10.7. The van der Waals surface area contributed by atoms with Gasteiger partial charge in [0.1, 0.15) is 11.3 Å². The Morgan fingerprint density at radius 2 is 2.38 bits per heavy atom. The van der Waals surface area contributed by atoms with Gasteiger partial charge in [-0.2, -0.15) is 4.98 Å². The van der Waals surface area contributed by atoms with E-state index in [1.807, 2.05) is 0 Å². The Hall–Kier alpha value is -1.43. The average molecular weight is 288 g/mol. The van der Waals surface area contributed by atoms with E-state index in [2.05, 4.69) is 20.9 Å². The number of hydrogen-bond acceptors (Lipinski definition) is 4. The van der Waals surface area contributed by atoms with E-state index >= 15 is 0 Å². The maximum absolute atomic E-state index is 13.0. The van der Waals surface area contributed by atoms with Crippen LogP contribution in [0.5, 0.6) is 6.08 Å². The molecule has 0 spiro atoms. The van der Waals surface area contributed by atoms with Crippen LogP contribution in [0.25, 0.3) is 11.1 Å². The molecule has 0 fully saturated rings. The number of hydrogen-bond donors (Lipinski definition) is 0. The first-order chi connectivity index (χ1) is 7.60. The molecule has 1 aromatic carbocycles. The van der Waals surface area contributed by atoms with Crippen molar-refractivity contribution in [3.63, 3.8) is 0 Å². The first-order valence-corrected chi connectivity index (χ1v) is 5.35. The third kappa shape index (κ3) is 2.06. The highest BCUT2D eigenvalue weighted by atomic mass is 79.9. The largest absolute Gasteiger partial charge is 0.407 e. The van der Waals surface area contributed by atoms with Gasteiger partial charge in [0.25, 0.3) is 0 Å². The SMILES string of the molecule is CCC(=O)Oc1nc2cc(F)cc(Br)c2o1. The van der Waals surface area contributed by atoms with Gasteiger partial charge < -0.3 is 9.15 Å². The molecule has 16 heavy (non-hydrogen) atoms. The summed E-state index contributed by atoms with van der Waals surface area (Å²) in [5.41, 5.74) is 0.645. The first kappa shape index (κ1) is 11.1. The smallest absolute Gasteiger partial charge is 0.402 e. The average Bonchev–Trinajstić information content (AvgIpc) is 2.60. The van der Waals surface area contributed by atoms with Gasteiger partial charge in [-0.3, -0.25) is 4.79 Å². The van der Waals surface area contributed by atoms with Gasteiger partial charge in [0.05, 0.1) is 4.47 Å². The molecular weight excluding hydrogens is 281 g/mol. The predicted molar refractivity (Wildman–Crippen MR) is 57.6 cm³/mol. The first-order valence-electron chi connectivity index (χ1n) is 4.56. The second-order valence-corrected chi connectivity index (χ2v) is 3.90. The number of esters is 1. The van der Waals surface area contributed by atoms with E-state index in [0.717, 1.165) is 0 Å². The van der Waals surface area contributed by atoms with Crippen molar-refractivity contribution < 1.29 is 18.3 Å². The summed E-state index contributed by atoms with van der Waals surface area (Å²) in [5, 5.41) is 0. The van der Waals surface area contributed by atoms with Crippen molar-refractivity contribution in [2.24, 2.45) is 0 Å². The quantitative estimate of drug-likeness (QED) is 0.797. The minimum absolute atomic E-state index is 0.173. The Bertz CT molecular complexity index is 552. The third-order valence-electron chi connectivity index (χ3n) is 1.88. The van der Waals surface area contributed by atoms with Crippen LogP contribution < -0.4 is 4.74 Å². The molecule has 1 heterocycles. The maximum Gasteiger partial charge on any atom is 0.402 e. The van der Waals surface area contributed by atoms with Crippen molar-refractivity contribution in [3.05, 3.63) is 22.4 Å². The number of nitrogens with zero attached hydrogens (tertiary/aromatic N) is 1. The molecular formula is C10H7BrFNO3. The molecule has 0 amide bonds. The van der Waals surface area contributed by atoms with Gasteiger partial charge in [-0.1, -0.05) is 6.92 Å². The number of fused-ring (bicyclic) bond motifs is 1. The zero-order chi connectivity index (χ0) is 11.7. The van der Waals surface area contributed by atoms with Crippen molar-refractivity contribution in [3.8, 4) is 6.08 Å². The van der Waals surface area contributed by atoms with Crippen molar-refractivity contribution in [1.82, 2.24) is 4.98 Å². The lowest BCUT2D eigenvalue weighted by molar-refractivity contribution is -0.135. The topological polar surface area (TPSA) is 52.3 Å². The number of carbonyl (C=O) groups excluding carboxylic acids is 1. The number of benzene rings is 1. The molecule has 0 unspecified atom stereocenters. The van der Waals surface area contributed by atoms with E-state index in [-0.39, 0.29) is 12.5 Å². The van der Waals surface area contributed by atoms with Crippen molar-refractivity contribution in [2.45, 2.75) is 13.3 Å². The summed E-state index contributed by atoms with van der Waals surface area (Å²) in [7, 11) is 0. The Morgan fingerprint density at radius 1 is 1.62 bits per heavy atom. The lowest BCUT2D eigenvalue weighted by Crippen LogP contribution is -2.05. The van der Waals surface area contributed by atoms with Crippen molar-refractivity contribution in [1.29, 1.82) is 0 Å². The Morgan fingerprint density at radius 3 is 3.06 bits per heavy atom. The molecule has 2 aromatic rings. The van der Waals surface area contributed by atoms with Crippen LogP contribution >= 0.6 is 15.9 Å². The molecule has 84 valence electrons. The van der Waals surface area contributed by atoms with Crippen molar-refractivity contribution >= 4 is 33.0 Å². The van der Waals surface area contributed by atoms with Crippen LogP contribution in [0.2, 0.25) is 0 Å². The molecule has 0 aliphatic carbocycles. The zero-order valence-corrected chi connectivity index (χ0v) is 9.88. The summed E-state index contributed by atoms with van der Waals surface area (Å²) in [5.74, 6) is -0.899. The Balaban J connectivity index is 2.44. The lowest BCUT2D eigenvalue weighted by Gasteiger charge is -1.93. The van der Waals surface area contributed by atoms with Gasteiger partial charge in [0.2, 0.25) is 0 Å². The third-order valence-corrected chi connectivity index (χ3v) is 2.47. The maximum atomic E-state index is 13.0.